The first kappa shape index (κ1) is 10.8. The first-order valence-electron chi connectivity index (χ1n) is 3.17. The van der Waals surface area contributed by atoms with Crippen molar-refractivity contribution in [3.8, 4) is 0 Å². The van der Waals surface area contributed by atoms with Gasteiger partial charge in [0.15, 0.2) is 0 Å². The highest BCUT2D eigenvalue weighted by Crippen LogP contribution is 2.05. The molecule has 0 saturated heterocycles. The van der Waals surface area contributed by atoms with Crippen LogP contribution >= 0.6 is 0 Å². The second-order valence-electron chi connectivity index (χ2n) is 1.97. The molecule has 0 aliphatic rings. The number of alkyl halides is 2. The molecule has 0 aromatic carbocycles. The molecule has 0 saturated carbocycles. The van der Waals surface area contributed by atoms with Crippen LogP contribution in [0, 0.1) is 0 Å². The van der Waals surface area contributed by atoms with Gasteiger partial charge in [-0.2, -0.15) is 17.2 Å². The van der Waals surface area contributed by atoms with Crippen molar-refractivity contribution in [3.05, 3.63) is 0 Å². The summed E-state index contributed by atoms with van der Waals surface area (Å²) < 4.78 is 47.1. The molecule has 0 heterocycles. The fourth-order valence-electron chi connectivity index (χ4n) is 0.480. The maximum absolute atomic E-state index is 11.4. The van der Waals surface area contributed by atoms with Gasteiger partial charge < -0.3 is 0 Å². The maximum Gasteiger partial charge on any atom is 0.358 e. The van der Waals surface area contributed by atoms with E-state index in [4.69, 9.17) is 0 Å². The summed E-state index contributed by atoms with van der Waals surface area (Å²) in [6, 6.07) is 0. The molecule has 0 unspecified atom stereocenters. The number of hydrogen-bond donors (Lipinski definition) is 0. The Bertz CT molecular complexity index is 188. The molecule has 0 aromatic heterocycles. The van der Waals surface area contributed by atoms with Crippen LogP contribution in [-0.4, -0.2) is 20.8 Å². The summed E-state index contributed by atoms with van der Waals surface area (Å²) in [6.45, 7) is -1.48. The standard InChI is InChI=1S/C5H10F2O3S/c1-2-3-4-11(8,9)10-5(6)7/h5H,2-4H2,1H3. The summed E-state index contributed by atoms with van der Waals surface area (Å²) in [5.41, 5.74) is 0. The highest BCUT2D eigenvalue weighted by Gasteiger charge is 2.16. The Hall–Kier alpha value is -0.230. The van der Waals surface area contributed by atoms with Crippen molar-refractivity contribution >= 4 is 10.1 Å². The van der Waals surface area contributed by atoms with Gasteiger partial charge in [-0.1, -0.05) is 13.3 Å². The third kappa shape index (κ3) is 6.18. The van der Waals surface area contributed by atoms with Crippen LogP contribution in [0.25, 0.3) is 0 Å². The quantitative estimate of drug-likeness (QED) is 0.612. The first-order valence-corrected chi connectivity index (χ1v) is 4.75. The molecule has 11 heavy (non-hydrogen) atoms. The molecule has 68 valence electrons. The molecular formula is C5H10F2O3S. The van der Waals surface area contributed by atoms with Gasteiger partial charge in [-0.15, -0.1) is 0 Å². The Kier molecular flexibility index (Phi) is 4.51. The van der Waals surface area contributed by atoms with Crippen molar-refractivity contribution < 1.29 is 21.4 Å². The van der Waals surface area contributed by atoms with E-state index in [0.717, 1.165) is 0 Å². The van der Waals surface area contributed by atoms with Crippen molar-refractivity contribution in [3.63, 3.8) is 0 Å². The minimum absolute atomic E-state index is 0.339. The summed E-state index contributed by atoms with van der Waals surface area (Å²) in [5.74, 6) is -0.339. The molecule has 6 heteroatoms. The lowest BCUT2D eigenvalue weighted by Crippen LogP contribution is -2.13. The topological polar surface area (TPSA) is 43.4 Å². The third-order valence-electron chi connectivity index (χ3n) is 0.967. The molecular weight excluding hydrogens is 178 g/mol. The first-order chi connectivity index (χ1) is 4.98. The SMILES string of the molecule is CCCCS(=O)(=O)OC(F)F. The monoisotopic (exact) mass is 188 g/mol. The largest absolute Gasteiger partial charge is 0.358 e. The van der Waals surface area contributed by atoms with Crippen LogP contribution in [0.2, 0.25) is 0 Å². The molecule has 0 bridgehead atoms. The van der Waals surface area contributed by atoms with Crippen LogP contribution in [-0.2, 0) is 14.3 Å². The minimum Gasteiger partial charge on any atom is -0.203 e. The average molecular weight is 188 g/mol. The second-order valence-corrected chi connectivity index (χ2v) is 3.69. The lowest BCUT2D eigenvalue weighted by Gasteiger charge is -2.01. The number of unbranched alkanes of at least 4 members (excludes halogenated alkanes) is 1. The highest BCUT2D eigenvalue weighted by molar-refractivity contribution is 7.86. The Balaban J connectivity index is 3.82. The van der Waals surface area contributed by atoms with Gasteiger partial charge in [-0.25, -0.2) is 4.18 Å². The summed E-state index contributed by atoms with van der Waals surface area (Å²) in [7, 11) is -3.99. The zero-order chi connectivity index (χ0) is 8.91. The van der Waals surface area contributed by atoms with Crippen LogP contribution < -0.4 is 0 Å². The molecule has 0 aliphatic carbocycles. The molecule has 0 amide bonds. The Labute approximate surface area is 64.5 Å². The maximum atomic E-state index is 11.4. The van der Waals surface area contributed by atoms with Gasteiger partial charge in [0.1, 0.15) is 0 Å². The van der Waals surface area contributed by atoms with Crippen molar-refractivity contribution in [2.45, 2.75) is 26.4 Å². The molecule has 0 radical (unpaired) electrons. The zero-order valence-electron chi connectivity index (χ0n) is 6.09. The summed E-state index contributed by atoms with van der Waals surface area (Å²) in [6.07, 6.45) is 0.973. The average Bonchev–Trinajstić information content (AvgIpc) is 1.81. The van der Waals surface area contributed by atoms with E-state index in [9.17, 15) is 17.2 Å². The van der Waals surface area contributed by atoms with Crippen LogP contribution in [0.1, 0.15) is 19.8 Å². The van der Waals surface area contributed by atoms with Gasteiger partial charge >= 0.3 is 6.61 Å². The molecule has 0 aromatic rings. The van der Waals surface area contributed by atoms with Gasteiger partial charge in [-0.3, -0.25) is 0 Å². The predicted molar refractivity (Wildman–Crippen MR) is 35.8 cm³/mol. The molecule has 0 fully saturated rings. The molecule has 0 rings (SSSR count). The molecule has 0 spiro atoms. The summed E-state index contributed by atoms with van der Waals surface area (Å²) in [4.78, 5) is 0. The van der Waals surface area contributed by atoms with E-state index in [1.165, 1.54) is 0 Å². The Morgan fingerprint density at radius 2 is 2.00 bits per heavy atom. The van der Waals surface area contributed by atoms with Gasteiger partial charge in [0.25, 0.3) is 10.1 Å². The van der Waals surface area contributed by atoms with E-state index < -0.39 is 16.7 Å². The fraction of sp³-hybridized carbons (Fsp3) is 1.00. The van der Waals surface area contributed by atoms with E-state index >= 15 is 0 Å². The molecule has 0 atom stereocenters. The number of rotatable bonds is 5. The van der Waals surface area contributed by atoms with Crippen LogP contribution in [0.4, 0.5) is 8.78 Å². The fourth-order valence-corrected chi connectivity index (χ4v) is 1.44. The van der Waals surface area contributed by atoms with Crippen molar-refractivity contribution in [2.24, 2.45) is 0 Å². The highest BCUT2D eigenvalue weighted by atomic mass is 32.2. The van der Waals surface area contributed by atoms with E-state index in [0.29, 0.717) is 12.8 Å². The minimum atomic E-state index is -3.99. The lowest BCUT2D eigenvalue weighted by atomic mass is 10.4. The van der Waals surface area contributed by atoms with Gasteiger partial charge in [0.2, 0.25) is 0 Å². The summed E-state index contributed by atoms with van der Waals surface area (Å²) in [5, 5.41) is 0. The molecule has 0 aliphatic heterocycles. The molecule has 0 N–H and O–H groups in total. The number of halogens is 2. The Morgan fingerprint density at radius 3 is 2.36 bits per heavy atom. The van der Waals surface area contributed by atoms with Crippen molar-refractivity contribution in [2.75, 3.05) is 5.75 Å². The van der Waals surface area contributed by atoms with Crippen molar-refractivity contribution in [1.29, 1.82) is 0 Å². The van der Waals surface area contributed by atoms with Crippen LogP contribution in [0.5, 0.6) is 0 Å². The van der Waals surface area contributed by atoms with E-state index in [2.05, 4.69) is 4.18 Å². The van der Waals surface area contributed by atoms with Crippen LogP contribution in [0.3, 0.4) is 0 Å². The lowest BCUT2D eigenvalue weighted by molar-refractivity contribution is -0.0444. The van der Waals surface area contributed by atoms with Crippen molar-refractivity contribution in [1.82, 2.24) is 0 Å². The second kappa shape index (κ2) is 4.61. The third-order valence-corrected chi connectivity index (χ3v) is 2.19. The smallest absolute Gasteiger partial charge is 0.203 e. The Morgan fingerprint density at radius 1 is 1.45 bits per heavy atom. The van der Waals surface area contributed by atoms with Gasteiger partial charge in [-0.05, 0) is 6.42 Å². The molecule has 3 nitrogen and oxygen atoms in total. The normalized spacial score (nSPS) is 12.4. The predicted octanol–water partition coefficient (Wildman–Crippen LogP) is 1.36. The van der Waals surface area contributed by atoms with E-state index in [1.54, 1.807) is 6.92 Å². The van der Waals surface area contributed by atoms with E-state index in [-0.39, 0.29) is 5.75 Å². The van der Waals surface area contributed by atoms with Crippen LogP contribution in [0.15, 0.2) is 0 Å². The van der Waals surface area contributed by atoms with Gasteiger partial charge in [0.05, 0.1) is 5.75 Å². The zero-order valence-corrected chi connectivity index (χ0v) is 6.90. The van der Waals surface area contributed by atoms with Gasteiger partial charge in [0, 0.05) is 0 Å². The van der Waals surface area contributed by atoms with E-state index in [1.807, 2.05) is 0 Å². The summed E-state index contributed by atoms with van der Waals surface area (Å²) >= 11 is 0. The number of hydrogen-bond acceptors (Lipinski definition) is 3.